The molecule has 1 nitrogen and oxygen atoms in total. The first-order chi connectivity index (χ1) is 6.84. The minimum Gasteiger partial charge on any atom is -0.492 e. The van der Waals surface area contributed by atoms with Gasteiger partial charge in [0, 0.05) is 5.88 Å². The van der Waals surface area contributed by atoms with Gasteiger partial charge in [-0.1, -0.05) is 23.7 Å². The molecule has 14 heavy (non-hydrogen) atoms. The van der Waals surface area contributed by atoms with Crippen LogP contribution < -0.4 is 4.74 Å². The molecule has 0 fully saturated rings. The van der Waals surface area contributed by atoms with Crippen LogP contribution in [-0.4, -0.2) is 12.5 Å². The van der Waals surface area contributed by atoms with E-state index in [1.165, 1.54) is 0 Å². The van der Waals surface area contributed by atoms with Gasteiger partial charge < -0.3 is 4.74 Å². The van der Waals surface area contributed by atoms with E-state index in [1.54, 1.807) is 0 Å². The number of unbranched alkanes of at least 4 members (excludes halogenated alkanes) is 2. The lowest BCUT2D eigenvalue weighted by molar-refractivity contribution is 0.306. The molecule has 0 atom stereocenters. The Morgan fingerprint density at radius 2 is 1.86 bits per heavy atom. The highest BCUT2D eigenvalue weighted by atomic mass is 35.5. The topological polar surface area (TPSA) is 9.23 Å². The third kappa shape index (κ3) is 4.21. The van der Waals surface area contributed by atoms with Gasteiger partial charge in [0.1, 0.15) is 5.75 Å². The maximum absolute atomic E-state index is 5.92. The van der Waals surface area contributed by atoms with Crippen molar-refractivity contribution in [2.24, 2.45) is 0 Å². The first kappa shape index (κ1) is 11.7. The van der Waals surface area contributed by atoms with E-state index in [4.69, 9.17) is 27.9 Å². The van der Waals surface area contributed by atoms with Gasteiger partial charge in [-0.25, -0.2) is 0 Å². The van der Waals surface area contributed by atoms with Gasteiger partial charge in [-0.05, 0) is 31.4 Å². The average Bonchev–Trinajstić information content (AvgIpc) is 2.20. The van der Waals surface area contributed by atoms with Crippen molar-refractivity contribution in [3.05, 3.63) is 29.3 Å². The molecule has 1 aromatic carbocycles. The van der Waals surface area contributed by atoms with Gasteiger partial charge >= 0.3 is 0 Å². The van der Waals surface area contributed by atoms with Crippen LogP contribution in [0.1, 0.15) is 19.3 Å². The molecule has 0 heterocycles. The predicted molar refractivity (Wildman–Crippen MR) is 61.5 cm³/mol. The predicted octanol–water partition coefficient (Wildman–Crippen LogP) is 4.13. The van der Waals surface area contributed by atoms with Crippen molar-refractivity contribution in [3.8, 4) is 5.75 Å². The Morgan fingerprint density at radius 1 is 1.07 bits per heavy atom. The number of ether oxygens (including phenoxy) is 1. The van der Waals surface area contributed by atoms with Crippen LogP contribution in [0.25, 0.3) is 0 Å². The lowest BCUT2D eigenvalue weighted by atomic mass is 10.3. The fourth-order valence-electron chi connectivity index (χ4n) is 1.12. The quantitative estimate of drug-likeness (QED) is 0.530. The molecule has 0 spiro atoms. The number of halogens is 2. The zero-order valence-corrected chi connectivity index (χ0v) is 9.52. The molecule has 0 aliphatic heterocycles. The molecule has 0 bridgehead atoms. The minimum atomic E-state index is 0.671. The van der Waals surface area contributed by atoms with Gasteiger partial charge in [-0.3, -0.25) is 0 Å². The first-order valence-corrected chi connectivity index (χ1v) is 5.69. The SMILES string of the molecule is ClCCCCCOc1ccccc1Cl. The molecule has 78 valence electrons. The summed E-state index contributed by atoms with van der Waals surface area (Å²) in [4.78, 5) is 0. The van der Waals surface area contributed by atoms with Crippen LogP contribution in [0.4, 0.5) is 0 Å². The molecule has 1 aromatic rings. The number of alkyl halides is 1. The molecule has 0 aliphatic carbocycles. The van der Waals surface area contributed by atoms with Crippen molar-refractivity contribution < 1.29 is 4.74 Å². The van der Waals surface area contributed by atoms with Crippen molar-refractivity contribution in [1.29, 1.82) is 0 Å². The first-order valence-electron chi connectivity index (χ1n) is 4.78. The summed E-state index contributed by atoms with van der Waals surface area (Å²) in [6.45, 7) is 0.709. The number of hydrogen-bond acceptors (Lipinski definition) is 1. The molecule has 0 amide bonds. The Kier molecular flexibility index (Phi) is 5.81. The van der Waals surface area contributed by atoms with E-state index in [0.717, 1.165) is 30.9 Å². The largest absolute Gasteiger partial charge is 0.492 e. The fourth-order valence-corrected chi connectivity index (χ4v) is 1.50. The zero-order chi connectivity index (χ0) is 10.2. The second kappa shape index (κ2) is 6.97. The molecule has 0 unspecified atom stereocenters. The molecule has 0 saturated heterocycles. The van der Waals surface area contributed by atoms with Gasteiger partial charge in [0.05, 0.1) is 11.6 Å². The Bertz CT molecular complexity index is 263. The molecule has 0 N–H and O–H groups in total. The van der Waals surface area contributed by atoms with Crippen molar-refractivity contribution in [2.45, 2.75) is 19.3 Å². The smallest absolute Gasteiger partial charge is 0.137 e. The minimum absolute atomic E-state index is 0.671. The number of benzene rings is 1. The molecule has 0 radical (unpaired) electrons. The van der Waals surface area contributed by atoms with Gasteiger partial charge in [-0.15, -0.1) is 11.6 Å². The van der Waals surface area contributed by atoms with Crippen LogP contribution in [0, 0.1) is 0 Å². The summed E-state index contributed by atoms with van der Waals surface area (Å²) >= 11 is 11.5. The maximum atomic E-state index is 5.92. The van der Waals surface area contributed by atoms with Crippen LogP contribution >= 0.6 is 23.2 Å². The average molecular weight is 233 g/mol. The van der Waals surface area contributed by atoms with E-state index in [0.29, 0.717) is 11.6 Å². The highest BCUT2D eigenvalue weighted by molar-refractivity contribution is 6.32. The number of rotatable bonds is 6. The molecule has 0 saturated carbocycles. The third-order valence-electron chi connectivity index (χ3n) is 1.87. The second-order valence-electron chi connectivity index (χ2n) is 3.03. The van der Waals surface area contributed by atoms with Gasteiger partial charge in [0.2, 0.25) is 0 Å². The standard InChI is InChI=1S/C11H14Cl2O/c12-8-4-1-5-9-14-11-7-3-2-6-10(11)13/h2-3,6-7H,1,4-5,8-9H2. The van der Waals surface area contributed by atoms with Crippen molar-refractivity contribution in [2.75, 3.05) is 12.5 Å². The summed E-state index contributed by atoms with van der Waals surface area (Å²) in [6, 6.07) is 7.52. The summed E-state index contributed by atoms with van der Waals surface area (Å²) < 4.78 is 5.51. The Labute approximate surface area is 95.0 Å². The second-order valence-corrected chi connectivity index (χ2v) is 3.81. The zero-order valence-electron chi connectivity index (χ0n) is 8.01. The lowest BCUT2D eigenvalue weighted by Gasteiger charge is -2.06. The summed E-state index contributed by atoms with van der Waals surface area (Å²) in [5.74, 6) is 1.49. The van der Waals surface area contributed by atoms with Crippen LogP contribution in [0.2, 0.25) is 5.02 Å². The summed E-state index contributed by atoms with van der Waals surface area (Å²) in [6.07, 6.45) is 3.18. The molecule has 1 rings (SSSR count). The molecule has 3 heteroatoms. The summed E-state index contributed by atoms with van der Waals surface area (Å²) in [5, 5.41) is 0.671. The van der Waals surface area contributed by atoms with Crippen molar-refractivity contribution >= 4 is 23.2 Å². The normalized spacial score (nSPS) is 10.1. The molecule has 0 aliphatic rings. The fraction of sp³-hybridized carbons (Fsp3) is 0.455. The molecular formula is C11H14Cl2O. The molecular weight excluding hydrogens is 219 g/mol. The summed E-state index contributed by atoms with van der Waals surface area (Å²) in [7, 11) is 0. The van der Waals surface area contributed by atoms with E-state index in [-0.39, 0.29) is 0 Å². The Hall–Kier alpha value is -0.400. The highest BCUT2D eigenvalue weighted by Gasteiger charge is 1.98. The van der Waals surface area contributed by atoms with Gasteiger partial charge in [0.25, 0.3) is 0 Å². The van der Waals surface area contributed by atoms with Crippen molar-refractivity contribution in [1.82, 2.24) is 0 Å². The van der Waals surface area contributed by atoms with Crippen molar-refractivity contribution in [3.63, 3.8) is 0 Å². The van der Waals surface area contributed by atoms with E-state index >= 15 is 0 Å². The van der Waals surface area contributed by atoms with Gasteiger partial charge in [-0.2, -0.15) is 0 Å². The highest BCUT2D eigenvalue weighted by Crippen LogP contribution is 2.23. The monoisotopic (exact) mass is 232 g/mol. The maximum Gasteiger partial charge on any atom is 0.137 e. The van der Waals surface area contributed by atoms with E-state index in [2.05, 4.69) is 0 Å². The van der Waals surface area contributed by atoms with Crippen LogP contribution in [-0.2, 0) is 0 Å². The lowest BCUT2D eigenvalue weighted by Crippen LogP contribution is -1.97. The number of hydrogen-bond donors (Lipinski definition) is 0. The van der Waals surface area contributed by atoms with E-state index in [1.807, 2.05) is 24.3 Å². The Balaban J connectivity index is 2.21. The van der Waals surface area contributed by atoms with Crippen LogP contribution in [0.15, 0.2) is 24.3 Å². The van der Waals surface area contributed by atoms with E-state index < -0.39 is 0 Å². The van der Waals surface area contributed by atoms with E-state index in [9.17, 15) is 0 Å². The Morgan fingerprint density at radius 3 is 2.57 bits per heavy atom. The van der Waals surface area contributed by atoms with Crippen LogP contribution in [0.3, 0.4) is 0 Å². The number of para-hydroxylation sites is 1. The molecule has 0 aromatic heterocycles. The van der Waals surface area contributed by atoms with Crippen LogP contribution in [0.5, 0.6) is 5.75 Å². The van der Waals surface area contributed by atoms with Gasteiger partial charge in [0.15, 0.2) is 0 Å². The third-order valence-corrected chi connectivity index (χ3v) is 2.45. The summed E-state index contributed by atoms with van der Waals surface area (Å²) in [5.41, 5.74) is 0.